The van der Waals surface area contributed by atoms with Crippen molar-refractivity contribution < 1.29 is 8.83 Å². The molecule has 5 heteroatoms. The van der Waals surface area contributed by atoms with Crippen molar-refractivity contribution in [2.24, 2.45) is 0 Å². The fourth-order valence-electron chi connectivity index (χ4n) is 7.71. The first kappa shape index (κ1) is 30.7. The van der Waals surface area contributed by atoms with Crippen molar-refractivity contribution in [1.82, 2.24) is 4.98 Å². The second kappa shape index (κ2) is 12.3. The molecule has 8 aromatic carbocycles. The molecule has 11 aromatic rings. The number of anilines is 3. The van der Waals surface area contributed by atoms with Crippen LogP contribution in [0.15, 0.2) is 191 Å². The van der Waals surface area contributed by atoms with Crippen LogP contribution in [0.5, 0.6) is 0 Å². The van der Waals surface area contributed by atoms with Crippen molar-refractivity contribution in [2.75, 3.05) is 4.90 Å². The van der Waals surface area contributed by atoms with Crippen LogP contribution in [0.1, 0.15) is 0 Å². The van der Waals surface area contributed by atoms with Crippen LogP contribution in [0.4, 0.5) is 17.1 Å². The van der Waals surface area contributed by atoms with Gasteiger partial charge in [0.25, 0.3) is 0 Å². The molecule has 0 unspecified atom stereocenters. The smallest absolute Gasteiger partial charge is 0.227 e. The molecule has 0 spiro atoms. The van der Waals surface area contributed by atoms with Crippen LogP contribution >= 0.6 is 11.3 Å². The Morgan fingerprint density at radius 2 is 1.04 bits per heavy atom. The maximum atomic E-state index is 6.43. The van der Waals surface area contributed by atoms with Gasteiger partial charge in [-0.05, 0) is 95.1 Å². The Labute approximate surface area is 314 Å². The van der Waals surface area contributed by atoms with Crippen LogP contribution < -0.4 is 4.90 Å². The molecule has 0 saturated heterocycles. The molecule has 3 heterocycles. The highest BCUT2D eigenvalue weighted by Crippen LogP contribution is 2.45. The molecule has 0 saturated carbocycles. The third-order valence-electron chi connectivity index (χ3n) is 10.3. The maximum absolute atomic E-state index is 6.43. The second-order valence-electron chi connectivity index (χ2n) is 13.5. The van der Waals surface area contributed by atoms with Crippen LogP contribution in [-0.2, 0) is 0 Å². The van der Waals surface area contributed by atoms with Crippen LogP contribution in [0.2, 0.25) is 0 Å². The molecule has 11 rings (SSSR count). The maximum Gasteiger partial charge on any atom is 0.227 e. The highest BCUT2D eigenvalue weighted by atomic mass is 32.1. The number of thiophene rings is 1. The van der Waals surface area contributed by atoms with Gasteiger partial charge in [0.05, 0.1) is 15.8 Å². The van der Waals surface area contributed by atoms with E-state index < -0.39 is 0 Å². The van der Waals surface area contributed by atoms with Gasteiger partial charge in [0, 0.05) is 37.8 Å². The van der Waals surface area contributed by atoms with Crippen molar-refractivity contribution in [3.05, 3.63) is 182 Å². The van der Waals surface area contributed by atoms with E-state index >= 15 is 0 Å². The average Bonchev–Trinajstić information content (AvgIpc) is 3.96. The molecule has 54 heavy (non-hydrogen) atoms. The summed E-state index contributed by atoms with van der Waals surface area (Å²) in [6.45, 7) is 0. The first-order valence-corrected chi connectivity index (χ1v) is 18.8. The van der Waals surface area contributed by atoms with Gasteiger partial charge in [0.15, 0.2) is 5.58 Å². The highest BCUT2D eigenvalue weighted by molar-refractivity contribution is 7.26. The standard InChI is InChI=1S/C49H30N2O2S/c1-3-10-31(11-4-1)32-18-23-36(24-19-32)51(41-16-9-15-39-38-14-7-8-17-45(38)54-48(39)41)37-25-20-33(21-26-37)35-22-27-40-44(30-35)52-42-28-29-43-47(46(40)42)50-49(53-43)34-12-5-2-6-13-34/h1-30H. The molecule has 0 atom stereocenters. The summed E-state index contributed by atoms with van der Waals surface area (Å²) in [6, 6.07) is 64.0. The number of furan rings is 1. The largest absolute Gasteiger partial charge is 0.456 e. The van der Waals surface area contributed by atoms with Crippen molar-refractivity contribution in [3.63, 3.8) is 0 Å². The number of hydrogen-bond donors (Lipinski definition) is 0. The molecule has 0 N–H and O–H groups in total. The SMILES string of the molecule is c1ccc(-c2ccc(N(c3ccc(-c4ccc5c(c4)oc4ccc6oc(-c7ccccc7)nc6c45)cc3)c3cccc4c3sc3ccccc34)cc2)cc1. The Kier molecular flexibility index (Phi) is 7.00. The number of nitrogens with zero attached hydrogens (tertiary/aromatic N) is 2. The van der Waals surface area contributed by atoms with E-state index in [2.05, 4.69) is 144 Å². The van der Waals surface area contributed by atoms with Crippen LogP contribution in [0.3, 0.4) is 0 Å². The normalized spacial score (nSPS) is 11.7. The molecular weight excluding hydrogens is 681 g/mol. The quantitative estimate of drug-likeness (QED) is 0.172. The van der Waals surface area contributed by atoms with Gasteiger partial charge in [-0.25, -0.2) is 4.98 Å². The number of oxazole rings is 1. The molecular formula is C49H30N2O2S. The number of hydrogen-bond acceptors (Lipinski definition) is 5. The van der Waals surface area contributed by atoms with E-state index in [0.717, 1.165) is 66.8 Å². The minimum atomic E-state index is 0.605. The number of fused-ring (bicyclic) bond motifs is 8. The molecule has 0 fully saturated rings. The van der Waals surface area contributed by atoms with Crippen LogP contribution in [-0.4, -0.2) is 4.98 Å². The zero-order valence-corrected chi connectivity index (χ0v) is 29.8. The minimum absolute atomic E-state index is 0.605. The molecule has 0 bridgehead atoms. The van der Waals surface area contributed by atoms with Crippen molar-refractivity contribution in [3.8, 4) is 33.7 Å². The molecule has 0 amide bonds. The summed E-state index contributed by atoms with van der Waals surface area (Å²) in [5.41, 5.74) is 12.1. The molecule has 3 aromatic heterocycles. The van der Waals surface area contributed by atoms with Gasteiger partial charge in [-0.3, -0.25) is 0 Å². The molecule has 4 nitrogen and oxygen atoms in total. The van der Waals surface area contributed by atoms with Gasteiger partial charge in [-0.1, -0.05) is 109 Å². The topological polar surface area (TPSA) is 42.4 Å². The lowest BCUT2D eigenvalue weighted by molar-refractivity contribution is 0.619. The Morgan fingerprint density at radius 1 is 0.426 bits per heavy atom. The summed E-state index contributed by atoms with van der Waals surface area (Å²) in [5.74, 6) is 0.605. The highest BCUT2D eigenvalue weighted by Gasteiger charge is 2.20. The zero-order valence-electron chi connectivity index (χ0n) is 28.9. The minimum Gasteiger partial charge on any atom is -0.456 e. The van der Waals surface area contributed by atoms with E-state index in [1.165, 1.54) is 31.3 Å². The average molecular weight is 711 g/mol. The molecule has 0 aliphatic rings. The van der Waals surface area contributed by atoms with Crippen LogP contribution in [0.25, 0.3) is 86.9 Å². The summed E-state index contributed by atoms with van der Waals surface area (Å²) in [6.07, 6.45) is 0. The van der Waals surface area contributed by atoms with Gasteiger partial charge < -0.3 is 13.7 Å². The Hall–Kier alpha value is -6.95. The first-order chi connectivity index (χ1) is 26.7. The fraction of sp³-hybridized carbons (Fsp3) is 0. The van der Waals surface area contributed by atoms with E-state index in [1.54, 1.807) is 0 Å². The molecule has 0 aliphatic carbocycles. The van der Waals surface area contributed by atoms with Gasteiger partial charge >= 0.3 is 0 Å². The third-order valence-corrected chi connectivity index (χ3v) is 11.5. The van der Waals surface area contributed by atoms with E-state index in [-0.39, 0.29) is 0 Å². The zero-order chi connectivity index (χ0) is 35.6. The third kappa shape index (κ3) is 5.01. The Balaban J connectivity index is 0.997. The van der Waals surface area contributed by atoms with Gasteiger partial charge in [0.2, 0.25) is 5.89 Å². The lowest BCUT2D eigenvalue weighted by Crippen LogP contribution is -2.10. The number of benzene rings is 8. The summed E-state index contributed by atoms with van der Waals surface area (Å²) in [5, 5.41) is 4.55. The predicted molar refractivity (Wildman–Crippen MR) is 225 cm³/mol. The van der Waals surface area contributed by atoms with Gasteiger partial charge in [-0.2, -0.15) is 0 Å². The Morgan fingerprint density at radius 3 is 1.80 bits per heavy atom. The number of aromatic nitrogens is 1. The lowest BCUT2D eigenvalue weighted by atomic mass is 10.0. The lowest BCUT2D eigenvalue weighted by Gasteiger charge is -2.26. The predicted octanol–water partition coefficient (Wildman–Crippen LogP) is 14.6. The van der Waals surface area contributed by atoms with Crippen LogP contribution in [0, 0.1) is 0 Å². The summed E-state index contributed by atoms with van der Waals surface area (Å²) in [4.78, 5) is 7.29. The van der Waals surface area contributed by atoms with E-state index in [9.17, 15) is 0 Å². The van der Waals surface area contributed by atoms with E-state index in [4.69, 9.17) is 13.8 Å². The molecule has 0 radical (unpaired) electrons. The summed E-state index contributed by atoms with van der Waals surface area (Å²) in [7, 11) is 0. The van der Waals surface area contributed by atoms with E-state index in [1.807, 2.05) is 53.8 Å². The van der Waals surface area contributed by atoms with Gasteiger partial charge in [-0.15, -0.1) is 11.3 Å². The van der Waals surface area contributed by atoms with E-state index in [0.29, 0.717) is 5.89 Å². The van der Waals surface area contributed by atoms with Crippen molar-refractivity contribution in [1.29, 1.82) is 0 Å². The molecule has 0 aliphatic heterocycles. The first-order valence-electron chi connectivity index (χ1n) is 18.0. The van der Waals surface area contributed by atoms with Crippen molar-refractivity contribution in [2.45, 2.75) is 0 Å². The number of rotatable bonds is 6. The summed E-state index contributed by atoms with van der Waals surface area (Å²) < 4.78 is 15.2. The Bertz CT molecular complexity index is 3140. The summed E-state index contributed by atoms with van der Waals surface area (Å²) >= 11 is 1.85. The van der Waals surface area contributed by atoms with Crippen molar-refractivity contribution >= 4 is 81.6 Å². The van der Waals surface area contributed by atoms with Gasteiger partial charge in [0.1, 0.15) is 16.7 Å². The molecule has 254 valence electrons. The fourth-order valence-corrected chi connectivity index (χ4v) is 8.91. The monoisotopic (exact) mass is 710 g/mol. The second-order valence-corrected chi connectivity index (χ2v) is 14.6.